The molecule has 9 nitrogen and oxygen atoms in total. The molecule has 0 N–H and O–H groups in total. The molecule has 1 aromatic carbocycles. The van der Waals surface area contributed by atoms with Crippen LogP contribution >= 0.6 is 11.8 Å². The van der Waals surface area contributed by atoms with Crippen LogP contribution in [0.3, 0.4) is 0 Å². The fraction of sp³-hybridized carbons (Fsp3) is 0.571. The average molecular weight is 478 g/mol. The molecule has 1 aromatic heterocycles. The average Bonchev–Trinajstić information content (AvgIpc) is 3.43. The quantitative estimate of drug-likeness (QED) is 0.552. The molecule has 0 radical (unpaired) electrons. The number of sulfone groups is 1. The molecule has 3 aliphatic rings. The van der Waals surface area contributed by atoms with Gasteiger partial charge in [0.2, 0.25) is 11.9 Å². The molecule has 5 rings (SSSR count). The second kappa shape index (κ2) is 9.03. The third-order valence-electron chi connectivity index (χ3n) is 6.08. The van der Waals surface area contributed by atoms with Crippen LogP contribution in [0.15, 0.2) is 35.5 Å². The largest absolute Gasteiger partial charge is 0.378 e. The smallest absolute Gasteiger partial charge is 0.233 e. The van der Waals surface area contributed by atoms with Crippen molar-refractivity contribution in [1.82, 2.24) is 19.7 Å². The molecule has 32 heavy (non-hydrogen) atoms. The first-order chi connectivity index (χ1) is 15.5. The van der Waals surface area contributed by atoms with E-state index >= 15 is 0 Å². The summed E-state index contributed by atoms with van der Waals surface area (Å²) >= 11 is 1.36. The van der Waals surface area contributed by atoms with E-state index in [-0.39, 0.29) is 35.2 Å². The van der Waals surface area contributed by atoms with Gasteiger partial charge in [-0.3, -0.25) is 9.36 Å². The van der Waals surface area contributed by atoms with Crippen LogP contribution in [0.2, 0.25) is 0 Å². The monoisotopic (exact) mass is 477 g/mol. The van der Waals surface area contributed by atoms with Crippen LogP contribution in [0.25, 0.3) is 5.69 Å². The summed E-state index contributed by atoms with van der Waals surface area (Å²) in [6, 6.07) is 9.87. The Hall–Kier alpha value is -2.11. The molecule has 1 aliphatic carbocycles. The summed E-state index contributed by atoms with van der Waals surface area (Å²) in [7, 11) is -3.04. The highest BCUT2D eigenvalue weighted by Crippen LogP contribution is 2.34. The van der Waals surface area contributed by atoms with Crippen molar-refractivity contribution >= 4 is 33.5 Å². The van der Waals surface area contributed by atoms with Crippen LogP contribution < -0.4 is 4.90 Å². The number of amides is 1. The molecule has 3 fully saturated rings. The molecular formula is C21H27N5O4S2. The lowest BCUT2D eigenvalue weighted by Crippen LogP contribution is -2.43. The SMILES string of the molecule is O=C(CSc1nnc(N2CCOCC2)n1-c1ccccc1)N(C1CC1)C1CCS(=O)(=O)C1. The minimum Gasteiger partial charge on any atom is -0.378 e. The number of carbonyl (C=O) groups is 1. The van der Waals surface area contributed by atoms with Crippen molar-refractivity contribution in [1.29, 1.82) is 0 Å². The number of morpholine rings is 1. The van der Waals surface area contributed by atoms with Crippen LogP contribution in [0.5, 0.6) is 0 Å². The van der Waals surface area contributed by atoms with Gasteiger partial charge in [-0.05, 0) is 31.4 Å². The highest BCUT2D eigenvalue weighted by atomic mass is 32.2. The molecule has 1 saturated carbocycles. The van der Waals surface area contributed by atoms with Gasteiger partial charge in [0.15, 0.2) is 15.0 Å². The summed E-state index contributed by atoms with van der Waals surface area (Å²) < 4.78 is 31.4. The van der Waals surface area contributed by atoms with Gasteiger partial charge in [-0.15, -0.1) is 10.2 Å². The van der Waals surface area contributed by atoms with Gasteiger partial charge >= 0.3 is 0 Å². The third kappa shape index (κ3) is 4.65. The number of nitrogens with zero attached hydrogens (tertiary/aromatic N) is 5. The van der Waals surface area contributed by atoms with Crippen LogP contribution in [0.1, 0.15) is 19.3 Å². The van der Waals surface area contributed by atoms with Crippen LogP contribution in [-0.4, -0.2) is 89.6 Å². The van der Waals surface area contributed by atoms with E-state index in [2.05, 4.69) is 15.1 Å². The number of hydrogen-bond acceptors (Lipinski definition) is 8. The van der Waals surface area contributed by atoms with Gasteiger partial charge in [0.1, 0.15) is 0 Å². The first kappa shape index (κ1) is 21.7. The summed E-state index contributed by atoms with van der Waals surface area (Å²) in [5, 5.41) is 9.50. The van der Waals surface area contributed by atoms with Crippen LogP contribution in [-0.2, 0) is 19.4 Å². The zero-order chi connectivity index (χ0) is 22.1. The molecule has 2 aromatic rings. The zero-order valence-electron chi connectivity index (χ0n) is 17.8. The molecule has 1 atom stereocenters. The summed E-state index contributed by atoms with van der Waals surface area (Å²) in [4.78, 5) is 17.2. The van der Waals surface area contributed by atoms with Gasteiger partial charge in [-0.2, -0.15) is 0 Å². The fourth-order valence-electron chi connectivity index (χ4n) is 4.38. The Balaban J connectivity index is 1.36. The normalized spacial score (nSPS) is 22.8. The maximum Gasteiger partial charge on any atom is 0.233 e. The van der Waals surface area contributed by atoms with E-state index < -0.39 is 9.84 Å². The first-order valence-corrected chi connectivity index (χ1v) is 13.8. The van der Waals surface area contributed by atoms with Gasteiger partial charge < -0.3 is 14.5 Å². The number of carbonyl (C=O) groups excluding carboxylic acids is 1. The molecule has 3 heterocycles. The number of thioether (sulfide) groups is 1. The van der Waals surface area contributed by atoms with Gasteiger partial charge in [-0.25, -0.2) is 8.42 Å². The van der Waals surface area contributed by atoms with Gasteiger partial charge in [0, 0.05) is 25.2 Å². The van der Waals surface area contributed by atoms with E-state index in [0.717, 1.165) is 37.6 Å². The molecule has 11 heteroatoms. The van der Waals surface area contributed by atoms with E-state index in [1.165, 1.54) is 11.8 Å². The standard InChI is InChI=1S/C21H27N5O4S2/c27-19(25(17-6-7-17)18-8-13-32(28,29)15-18)14-31-21-23-22-20(24-9-11-30-12-10-24)26(21)16-4-2-1-3-5-16/h1-5,17-18H,6-15H2. The first-order valence-electron chi connectivity index (χ1n) is 11.0. The Morgan fingerprint density at radius 1 is 1.09 bits per heavy atom. The van der Waals surface area contributed by atoms with E-state index in [1.807, 2.05) is 39.8 Å². The third-order valence-corrected chi connectivity index (χ3v) is 8.74. The summed E-state index contributed by atoms with van der Waals surface area (Å²) in [6.07, 6.45) is 2.44. The Bertz CT molecular complexity index is 1070. The van der Waals surface area contributed by atoms with Crippen molar-refractivity contribution in [2.24, 2.45) is 0 Å². The van der Waals surface area contributed by atoms with E-state index in [0.29, 0.717) is 24.8 Å². The van der Waals surface area contributed by atoms with Crippen LogP contribution in [0.4, 0.5) is 5.95 Å². The molecular weight excluding hydrogens is 450 g/mol. The lowest BCUT2D eigenvalue weighted by Gasteiger charge is -2.28. The summed E-state index contributed by atoms with van der Waals surface area (Å²) in [5.41, 5.74) is 0.940. The molecule has 2 saturated heterocycles. The lowest BCUT2D eigenvalue weighted by molar-refractivity contribution is -0.130. The summed E-state index contributed by atoms with van der Waals surface area (Å²) in [6.45, 7) is 2.76. The Labute approximate surface area is 192 Å². The number of anilines is 1. The number of aromatic nitrogens is 3. The molecule has 172 valence electrons. The predicted octanol–water partition coefficient (Wildman–Crippen LogP) is 1.37. The highest BCUT2D eigenvalue weighted by Gasteiger charge is 2.42. The minimum atomic E-state index is -3.04. The number of ether oxygens (including phenoxy) is 1. The maximum atomic E-state index is 13.2. The van der Waals surface area contributed by atoms with Crippen molar-refractivity contribution in [3.63, 3.8) is 0 Å². The molecule has 0 bridgehead atoms. The number of para-hydroxylation sites is 1. The van der Waals surface area contributed by atoms with Crippen LogP contribution in [0, 0.1) is 0 Å². The minimum absolute atomic E-state index is 0.0184. The Morgan fingerprint density at radius 2 is 1.84 bits per heavy atom. The molecule has 2 aliphatic heterocycles. The number of rotatable bonds is 7. The highest BCUT2D eigenvalue weighted by molar-refractivity contribution is 7.99. The van der Waals surface area contributed by atoms with Crippen molar-refractivity contribution in [2.45, 2.75) is 36.5 Å². The predicted molar refractivity (Wildman–Crippen MR) is 122 cm³/mol. The van der Waals surface area contributed by atoms with E-state index in [9.17, 15) is 13.2 Å². The Morgan fingerprint density at radius 3 is 2.50 bits per heavy atom. The lowest BCUT2D eigenvalue weighted by atomic mass is 10.2. The van der Waals surface area contributed by atoms with Gasteiger partial charge in [-0.1, -0.05) is 30.0 Å². The van der Waals surface area contributed by atoms with Crippen molar-refractivity contribution in [2.75, 3.05) is 48.5 Å². The molecule has 1 amide bonds. The maximum absolute atomic E-state index is 13.2. The van der Waals surface area contributed by atoms with Gasteiger partial charge in [0.25, 0.3) is 0 Å². The van der Waals surface area contributed by atoms with Gasteiger partial charge in [0.05, 0.1) is 36.2 Å². The molecule has 1 unspecified atom stereocenters. The topological polar surface area (TPSA) is 97.6 Å². The number of hydrogen-bond donors (Lipinski definition) is 0. The van der Waals surface area contributed by atoms with Crippen molar-refractivity contribution in [3.8, 4) is 5.69 Å². The fourth-order valence-corrected chi connectivity index (χ4v) is 6.91. The van der Waals surface area contributed by atoms with E-state index in [4.69, 9.17) is 4.74 Å². The summed E-state index contributed by atoms with van der Waals surface area (Å²) in [5.74, 6) is 1.19. The van der Waals surface area contributed by atoms with Crippen molar-refractivity contribution in [3.05, 3.63) is 30.3 Å². The second-order valence-corrected chi connectivity index (χ2v) is 11.6. The Kier molecular flexibility index (Phi) is 6.13. The molecule has 0 spiro atoms. The van der Waals surface area contributed by atoms with Crippen molar-refractivity contribution < 1.29 is 17.9 Å². The zero-order valence-corrected chi connectivity index (χ0v) is 19.4. The van der Waals surface area contributed by atoms with E-state index in [1.54, 1.807) is 0 Å². The number of benzene rings is 1. The second-order valence-electron chi connectivity index (χ2n) is 8.43.